The normalized spacial score (nSPS) is 23.6. The standard InChI is InChI=1S/C11H15F3N2O2/c1-7-2-3-8(7)6-9(15)10(17)16-4-5-18-11(12,13)14/h7-9H,4-6,15H2,1H3,(H,16,17)/t7-,8-,9+/m1/s1. The van der Waals surface area contributed by atoms with Crippen molar-refractivity contribution in [1.29, 1.82) is 0 Å². The van der Waals surface area contributed by atoms with Gasteiger partial charge in [0.2, 0.25) is 5.91 Å². The Morgan fingerprint density at radius 3 is 2.61 bits per heavy atom. The van der Waals surface area contributed by atoms with Crippen LogP contribution in [0.25, 0.3) is 0 Å². The van der Waals surface area contributed by atoms with Gasteiger partial charge in [-0.2, -0.15) is 0 Å². The van der Waals surface area contributed by atoms with E-state index >= 15 is 0 Å². The fraction of sp³-hybridized carbons (Fsp3) is 0.727. The molecule has 0 radical (unpaired) electrons. The summed E-state index contributed by atoms with van der Waals surface area (Å²) in [5.41, 5.74) is 5.61. The summed E-state index contributed by atoms with van der Waals surface area (Å²) in [7, 11) is 0. The first kappa shape index (κ1) is 14.8. The van der Waals surface area contributed by atoms with E-state index in [9.17, 15) is 18.0 Å². The molecule has 102 valence electrons. The van der Waals surface area contributed by atoms with Gasteiger partial charge in [0, 0.05) is 18.4 Å². The van der Waals surface area contributed by atoms with Crippen LogP contribution in [0.5, 0.6) is 0 Å². The zero-order valence-corrected chi connectivity index (χ0v) is 9.88. The Kier molecular flexibility index (Phi) is 4.99. The molecule has 3 N–H and O–H groups in total. The van der Waals surface area contributed by atoms with E-state index < -0.39 is 24.9 Å². The molecule has 7 heteroatoms. The van der Waals surface area contributed by atoms with Crippen molar-refractivity contribution < 1.29 is 22.7 Å². The number of hydrogen-bond donors (Lipinski definition) is 2. The molecular weight excluding hydrogens is 249 g/mol. The summed E-state index contributed by atoms with van der Waals surface area (Å²) in [4.78, 5) is 11.4. The van der Waals surface area contributed by atoms with Crippen molar-refractivity contribution in [2.45, 2.75) is 25.7 Å². The minimum atomic E-state index is -4.68. The summed E-state index contributed by atoms with van der Waals surface area (Å²) < 4.78 is 38.4. The third-order valence-electron chi connectivity index (χ3n) is 2.61. The molecule has 0 aromatic rings. The number of amides is 1. The Morgan fingerprint density at radius 2 is 2.17 bits per heavy atom. The highest BCUT2D eigenvalue weighted by atomic mass is 19.4. The Hall–Kier alpha value is -1.26. The maximum Gasteiger partial charge on any atom is 0.522 e. The van der Waals surface area contributed by atoms with Crippen LogP contribution in [-0.4, -0.2) is 31.5 Å². The van der Waals surface area contributed by atoms with Gasteiger partial charge in [-0.3, -0.25) is 9.53 Å². The highest BCUT2D eigenvalue weighted by Gasteiger charge is 2.29. The molecule has 0 aromatic heterocycles. The second kappa shape index (κ2) is 6.07. The number of carbonyl (C=O) groups is 1. The van der Waals surface area contributed by atoms with E-state index in [0.717, 1.165) is 0 Å². The van der Waals surface area contributed by atoms with E-state index in [2.05, 4.69) is 21.9 Å². The molecule has 0 saturated heterocycles. The van der Waals surface area contributed by atoms with E-state index in [1.807, 2.05) is 6.92 Å². The van der Waals surface area contributed by atoms with Crippen molar-refractivity contribution in [3.05, 3.63) is 0 Å². The van der Waals surface area contributed by atoms with Crippen LogP contribution in [0, 0.1) is 23.7 Å². The Bertz CT molecular complexity index is 360. The molecule has 0 heterocycles. The fourth-order valence-corrected chi connectivity index (χ4v) is 1.48. The summed E-state index contributed by atoms with van der Waals surface area (Å²) in [5, 5.41) is 2.29. The molecule has 1 rings (SSSR count). The monoisotopic (exact) mass is 264 g/mol. The lowest BCUT2D eigenvalue weighted by Gasteiger charge is -2.23. The SMILES string of the molecule is C[C@@H]1C#C[C@@H]1C[C@H](N)C(=O)NCCOC(F)(F)F. The quantitative estimate of drug-likeness (QED) is 0.546. The molecule has 1 aliphatic rings. The zero-order valence-electron chi connectivity index (χ0n) is 9.88. The largest absolute Gasteiger partial charge is 0.522 e. The summed E-state index contributed by atoms with van der Waals surface area (Å²) >= 11 is 0. The van der Waals surface area contributed by atoms with Gasteiger partial charge in [-0.15, -0.1) is 13.2 Å². The zero-order chi connectivity index (χ0) is 13.8. The van der Waals surface area contributed by atoms with Crippen molar-refractivity contribution in [3.63, 3.8) is 0 Å². The summed E-state index contributed by atoms with van der Waals surface area (Å²) in [5.74, 6) is 5.60. The summed E-state index contributed by atoms with van der Waals surface area (Å²) in [6.45, 7) is 1.09. The highest BCUT2D eigenvalue weighted by molar-refractivity contribution is 5.81. The lowest BCUT2D eigenvalue weighted by atomic mass is 9.82. The van der Waals surface area contributed by atoms with E-state index in [-0.39, 0.29) is 18.4 Å². The lowest BCUT2D eigenvalue weighted by molar-refractivity contribution is -0.323. The molecule has 0 fully saturated rings. The van der Waals surface area contributed by atoms with Gasteiger partial charge < -0.3 is 11.1 Å². The summed E-state index contributed by atoms with van der Waals surface area (Å²) in [6.07, 6.45) is -4.26. The number of halogens is 3. The molecule has 0 spiro atoms. The minimum absolute atomic E-state index is 0.0946. The maximum absolute atomic E-state index is 11.6. The molecule has 0 saturated carbocycles. The van der Waals surface area contributed by atoms with E-state index in [1.165, 1.54) is 0 Å². The van der Waals surface area contributed by atoms with Crippen LogP contribution < -0.4 is 11.1 Å². The summed E-state index contributed by atoms with van der Waals surface area (Å²) in [6, 6.07) is -0.752. The Balaban J connectivity index is 2.15. The predicted molar refractivity (Wildman–Crippen MR) is 58.0 cm³/mol. The van der Waals surface area contributed by atoms with Gasteiger partial charge in [-0.05, 0) is 6.42 Å². The second-order valence-corrected chi connectivity index (χ2v) is 4.11. The van der Waals surface area contributed by atoms with E-state index in [1.54, 1.807) is 0 Å². The molecule has 0 unspecified atom stereocenters. The molecular formula is C11H15F3N2O2. The molecule has 1 aliphatic carbocycles. The number of rotatable bonds is 6. The predicted octanol–water partition coefficient (Wildman–Crippen LogP) is 0.626. The number of nitrogens with two attached hydrogens (primary N) is 1. The van der Waals surface area contributed by atoms with Crippen LogP contribution in [0.2, 0.25) is 0 Å². The van der Waals surface area contributed by atoms with Crippen molar-refractivity contribution in [2.24, 2.45) is 17.6 Å². The molecule has 3 atom stereocenters. The van der Waals surface area contributed by atoms with Crippen LogP contribution in [0.1, 0.15) is 13.3 Å². The van der Waals surface area contributed by atoms with Gasteiger partial charge in [-0.25, -0.2) is 0 Å². The first-order valence-electron chi connectivity index (χ1n) is 5.54. The van der Waals surface area contributed by atoms with Gasteiger partial charge in [-0.1, -0.05) is 18.8 Å². The van der Waals surface area contributed by atoms with Gasteiger partial charge in [0.1, 0.15) is 0 Å². The van der Waals surface area contributed by atoms with Crippen LogP contribution in [0.4, 0.5) is 13.2 Å². The molecule has 4 nitrogen and oxygen atoms in total. The average molecular weight is 264 g/mol. The number of carbonyl (C=O) groups excluding carboxylic acids is 1. The van der Waals surface area contributed by atoms with E-state index in [4.69, 9.17) is 5.73 Å². The highest BCUT2D eigenvalue weighted by Crippen LogP contribution is 2.22. The third-order valence-corrected chi connectivity index (χ3v) is 2.61. The second-order valence-electron chi connectivity index (χ2n) is 4.11. The first-order chi connectivity index (χ1) is 8.29. The third kappa shape index (κ3) is 4.94. The number of ether oxygens (including phenoxy) is 1. The van der Waals surface area contributed by atoms with Crippen molar-refractivity contribution >= 4 is 5.91 Å². The number of hydrogen-bond acceptors (Lipinski definition) is 3. The Labute approximate surface area is 103 Å². The Morgan fingerprint density at radius 1 is 1.50 bits per heavy atom. The van der Waals surface area contributed by atoms with Crippen LogP contribution >= 0.6 is 0 Å². The maximum atomic E-state index is 11.6. The van der Waals surface area contributed by atoms with Crippen molar-refractivity contribution in [3.8, 4) is 11.8 Å². The van der Waals surface area contributed by atoms with Gasteiger partial charge in [0.25, 0.3) is 0 Å². The van der Waals surface area contributed by atoms with Gasteiger partial charge in [0.15, 0.2) is 0 Å². The smallest absolute Gasteiger partial charge is 0.352 e. The molecule has 18 heavy (non-hydrogen) atoms. The van der Waals surface area contributed by atoms with Crippen LogP contribution in [-0.2, 0) is 9.53 Å². The minimum Gasteiger partial charge on any atom is -0.352 e. The number of alkyl halides is 3. The first-order valence-corrected chi connectivity index (χ1v) is 5.54. The van der Waals surface area contributed by atoms with Gasteiger partial charge >= 0.3 is 6.36 Å². The van der Waals surface area contributed by atoms with Gasteiger partial charge in [0.05, 0.1) is 12.6 Å². The topological polar surface area (TPSA) is 64.4 Å². The average Bonchev–Trinajstić information content (AvgIpc) is 2.27. The van der Waals surface area contributed by atoms with Crippen molar-refractivity contribution in [2.75, 3.05) is 13.2 Å². The lowest BCUT2D eigenvalue weighted by Crippen LogP contribution is -2.44. The number of nitrogens with one attached hydrogen (secondary N) is 1. The van der Waals surface area contributed by atoms with Crippen LogP contribution in [0.3, 0.4) is 0 Å². The fourth-order valence-electron chi connectivity index (χ4n) is 1.48. The van der Waals surface area contributed by atoms with Crippen LogP contribution in [0.15, 0.2) is 0 Å². The molecule has 0 aliphatic heterocycles. The molecule has 0 bridgehead atoms. The molecule has 1 amide bonds. The molecule has 0 aromatic carbocycles. The van der Waals surface area contributed by atoms with Crippen molar-refractivity contribution in [1.82, 2.24) is 5.32 Å². The van der Waals surface area contributed by atoms with E-state index in [0.29, 0.717) is 6.42 Å².